The molecule has 2 amide bonds. The second kappa shape index (κ2) is 8.63. The Hall–Kier alpha value is -2.39. The number of nitrogens with zero attached hydrogens (tertiary/aromatic N) is 2. The van der Waals surface area contributed by atoms with E-state index >= 15 is 0 Å². The Morgan fingerprint density at radius 2 is 1.84 bits per heavy atom. The van der Waals surface area contributed by atoms with Gasteiger partial charge in [-0.1, -0.05) is 18.2 Å². The molecular weight excluding hydrogens is 427 g/mol. The lowest BCUT2D eigenvalue weighted by atomic mass is 10.1. The molecule has 166 valence electrons. The largest absolute Gasteiger partial charge is 0.416 e. The van der Waals surface area contributed by atoms with Crippen LogP contribution < -0.4 is 5.32 Å². The highest BCUT2D eigenvalue weighted by atomic mass is 32.1. The quantitative estimate of drug-likeness (QED) is 0.734. The number of rotatable bonds is 5. The number of benzene rings is 1. The van der Waals surface area contributed by atoms with E-state index in [1.54, 1.807) is 11.0 Å². The van der Waals surface area contributed by atoms with Crippen LogP contribution in [-0.2, 0) is 17.5 Å². The Labute approximate surface area is 182 Å². The molecule has 5 nitrogen and oxygen atoms in total. The Morgan fingerprint density at radius 3 is 2.48 bits per heavy atom. The first-order valence-corrected chi connectivity index (χ1v) is 11.1. The summed E-state index contributed by atoms with van der Waals surface area (Å²) < 4.78 is 38.7. The number of carbonyl (C=O) groups excluding carboxylic acids is 2. The predicted octanol–water partition coefficient (Wildman–Crippen LogP) is 4.38. The van der Waals surface area contributed by atoms with E-state index in [-0.39, 0.29) is 17.7 Å². The minimum Gasteiger partial charge on any atom is -0.335 e. The van der Waals surface area contributed by atoms with Crippen molar-refractivity contribution in [3.8, 4) is 0 Å². The fraction of sp³-hybridized carbons (Fsp3) is 0.455. The molecule has 0 atom stereocenters. The van der Waals surface area contributed by atoms with Gasteiger partial charge in [-0.3, -0.25) is 14.5 Å². The lowest BCUT2D eigenvalue weighted by Gasteiger charge is -2.34. The zero-order chi connectivity index (χ0) is 22.2. The van der Waals surface area contributed by atoms with E-state index in [1.165, 1.54) is 23.5 Å². The van der Waals surface area contributed by atoms with Gasteiger partial charge in [0.25, 0.3) is 5.91 Å². The fourth-order valence-electron chi connectivity index (χ4n) is 3.68. The highest BCUT2D eigenvalue weighted by Gasteiger charge is 2.32. The zero-order valence-corrected chi connectivity index (χ0v) is 18.0. The van der Waals surface area contributed by atoms with Crippen LogP contribution in [-0.4, -0.2) is 47.8 Å². The highest BCUT2D eigenvalue weighted by molar-refractivity contribution is 7.18. The summed E-state index contributed by atoms with van der Waals surface area (Å²) in [6.45, 7) is 4.49. The van der Waals surface area contributed by atoms with Crippen LogP contribution >= 0.6 is 11.3 Å². The molecule has 0 radical (unpaired) electrons. The predicted molar refractivity (Wildman–Crippen MR) is 113 cm³/mol. The van der Waals surface area contributed by atoms with E-state index in [9.17, 15) is 22.8 Å². The van der Waals surface area contributed by atoms with E-state index in [4.69, 9.17) is 0 Å². The smallest absolute Gasteiger partial charge is 0.335 e. The first-order valence-electron chi connectivity index (χ1n) is 10.3. The van der Waals surface area contributed by atoms with Crippen molar-refractivity contribution >= 4 is 28.2 Å². The van der Waals surface area contributed by atoms with Crippen molar-refractivity contribution in [3.63, 3.8) is 0 Å². The summed E-state index contributed by atoms with van der Waals surface area (Å²) in [6, 6.07) is 7.22. The number of alkyl halides is 3. The number of anilines is 1. The average Bonchev–Trinajstić information content (AvgIpc) is 3.51. The number of piperazine rings is 1. The number of thiophene rings is 1. The van der Waals surface area contributed by atoms with E-state index in [2.05, 4.69) is 10.2 Å². The van der Waals surface area contributed by atoms with Crippen molar-refractivity contribution in [2.24, 2.45) is 5.92 Å². The standard InChI is InChI=1S/C22H24F3N3O2S/c1-14-11-18(26-20(29)16-5-6-16)31-19(14)21(30)28-9-7-27(8-10-28)13-15-3-2-4-17(12-15)22(23,24)25/h2-4,11-12,16H,5-10,13H2,1H3,(H,26,29). The summed E-state index contributed by atoms with van der Waals surface area (Å²) in [5, 5.41) is 3.59. The molecule has 1 aliphatic carbocycles. The van der Waals surface area contributed by atoms with Crippen LogP contribution in [0.25, 0.3) is 0 Å². The summed E-state index contributed by atoms with van der Waals surface area (Å²) in [7, 11) is 0. The first-order chi connectivity index (χ1) is 14.7. The van der Waals surface area contributed by atoms with Crippen molar-refractivity contribution in [2.75, 3.05) is 31.5 Å². The summed E-state index contributed by atoms with van der Waals surface area (Å²) in [5.41, 5.74) is 0.809. The third kappa shape index (κ3) is 5.27. The van der Waals surface area contributed by atoms with Crippen LogP contribution in [0.2, 0.25) is 0 Å². The molecule has 31 heavy (non-hydrogen) atoms. The number of amides is 2. The molecule has 2 fully saturated rings. The van der Waals surface area contributed by atoms with Gasteiger partial charge in [0.2, 0.25) is 5.91 Å². The van der Waals surface area contributed by atoms with Crippen LogP contribution in [0, 0.1) is 12.8 Å². The number of halogens is 3. The van der Waals surface area contributed by atoms with Crippen LogP contribution in [0.1, 0.15) is 39.2 Å². The monoisotopic (exact) mass is 451 g/mol. The van der Waals surface area contributed by atoms with Gasteiger partial charge >= 0.3 is 6.18 Å². The van der Waals surface area contributed by atoms with Gasteiger partial charge in [0.15, 0.2) is 0 Å². The molecule has 1 saturated carbocycles. The molecule has 1 N–H and O–H groups in total. The Balaban J connectivity index is 1.33. The molecule has 0 unspecified atom stereocenters. The molecule has 2 aromatic rings. The number of aryl methyl sites for hydroxylation is 1. The van der Waals surface area contributed by atoms with Crippen molar-refractivity contribution in [1.29, 1.82) is 0 Å². The van der Waals surface area contributed by atoms with E-state index in [0.717, 1.165) is 24.5 Å². The fourth-order valence-corrected chi connectivity index (χ4v) is 4.73. The maximum atomic E-state index is 13.0. The van der Waals surface area contributed by atoms with E-state index < -0.39 is 11.7 Å². The Bertz CT molecular complexity index is 977. The summed E-state index contributed by atoms with van der Waals surface area (Å²) in [4.78, 5) is 29.4. The maximum Gasteiger partial charge on any atom is 0.416 e. The van der Waals surface area contributed by atoms with Gasteiger partial charge < -0.3 is 10.2 Å². The summed E-state index contributed by atoms with van der Waals surface area (Å²) in [6.07, 6.45) is -2.50. The van der Waals surface area contributed by atoms with Gasteiger partial charge in [0.05, 0.1) is 15.4 Å². The molecule has 2 aliphatic rings. The second-order valence-electron chi connectivity index (χ2n) is 8.15. The number of hydrogen-bond donors (Lipinski definition) is 1. The third-order valence-electron chi connectivity index (χ3n) is 5.63. The van der Waals surface area contributed by atoms with E-state index in [1.807, 2.05) is 13.0 Å². The lowest BCUT2D eigenvalue weighted by molar-refractivity contribution is -0.137. The van der Waals surface area contributed by atoms with Gasteiger partial charge in [-0.05, 0) is 43.0 Å². The summed E-state index contributed by atoms with van der Waals surface area (Å²) in [5.74, 6) is 0.0584. The molecule has 1 saturated heterocycles. The SMILES string of the molecule is Cc1cc(NC(=O)C2CC2)sc1C(=O)N1CCN(Cc2cccc(C(F)(F)F)c2)CC1. The molecule has 2 heterocycles. The number of carbonyl (C=O) groups is 2. The first kappa shape index (κ1) is 21.8. The molecule has 1 aromatic carbocycles. The van der Waals surface area contributed by atoms with Gasteiger partial charge in [-0.15, -0.1) is 11.3 Å². The molecule has 1 aliphatic heterocycles. The van der Waals surface area contributed by atoms with Crippen LogP contribution in [0.15, 0.2) is 30.3 Å². The molecular formula is C22H24F3N3O2S. The minimum absolute atomic E-state index is 0.0171. The number of nitrogens with one attached hydrogen (secondary N) is 1. The normalized spacial score (nSPS) is 17.6. The van der Waals surface area contributed by atoms with Crippen molar-refractivity contribution in [1.82, 2.24) is 9.80 Å². The molecule has 4 rings (SSSR count). The Kier molecular flexibility index (Phi) is 6.07. The lowest BCUT2D eigenvalue weighted by Crippen LogP contribution is -2.48. The third-order valence-corrected chi connectivity index (χ3v) is 6.77. The molecule has 0 spiro atoms. The van der Waals surface area contributed by atoms with Crippen molar-refractivity contribution < 1.29 is 22.8 Å². The summed E-state index contributed by atoms with van der Waals surface area (Å²) >= 11 is 1.30. The van der Waals surface area contributed by atoms with Crippen LogP contribution in [0.5, 0.6) is 0 Å². The molecule has 0 bridgehead atoms. The zero-order valence-electron chi connectivity index (χ0n) is 17.2. The molecule has 1 aromatic heterocycles. The second-order valence-corrected chi connectivity index (χ2v) is 9.20. The van der Waals surface area contributed by atoms with Crippen molar-refractivity contribution in [3.05, 3.63) is 51.9 Å². The highest BCUT2D eigenvalue weighted by Crippen LogP contribution is 2.33. The van der Waals surface area contributed by atoms with Gasteiger partial charge in [-0.2, -0.15) is 13.2 Å². The average molecular weight is 452 g/mol. The van der Waals surface area contributed by atoms with Crippen LogP contribution in [0.3, 0.4) is 0 Å². The maximum absolute atomic E-state index is 13.0. The topological polar surface area (TPSA) is 52.7 Å². The molecule has 9 heteroatoms. The van der Waals surface area contributed by atoms with Gasteiger partial charge in [0, 0.05) is 38.6 Å². The number of hydrogen-bond acceptors (Lipinski definition) is 4. The van der Waals surface area contributed by atoms with Gasteiger partial charge in [-0.25, -0.2) is 0 Å². The van der Waals surface area contributed by atoms with Crippen molar-refractivity contribution in [2.45, 2.75) is 32.5 Å². The van der Waals surface area contributed by atoms with E-state index in [0.29, 0.717) is 48.2 Å². The van der Waals surface area contributed by atoms with Crippen LogP contribution in [0.4, 0.5) is 18.2 Å². The Morgan fingerprint density at radius 1 is 1.13 bits per heavy atom. The van der Waals surface area contributed by atoms with Gasteiger partial charge in [0.1, 0.15) is 0 Å². The minimum atomic E-state index is -4.35.